The Morgan fingerprint density at radius 1 is 1.19 bits per heavy atom. The van der Waals surface area contributed by atoms with Crippen LogP contribution in [0.1, 0.15) is 15.9 Å². The van der Waals surface area contributed by atoms with Crippen molar-refractivity contribution in [2.24, 2.45) is 0 Å². The van der Waals surface area contributed by atoms with Crippen LogP contribution in [0.3, 0.4) is 0 Å². The van der Waals surface area contributed by atoms with Gasteiger partial charge in [0.15, 0.2) is 0 Å². The Kier molecular flexibility index (Phi) is 4.70. The highest BCUT2D eigenvalue weighted by Gasteiger charge is 2.06. The van der Waals surface area contributed by atoms with Gasteiger partial charge in [-0.25, -0.2) is 4.79 Å². The molecule has 0 saturated heterocycles. The average Bonchev–Trinajstić information content (AvgIpc) is 2.45. The summed E-state index contributed by atoms with van der Waals surface area (Å²) < 4.78 is 0. The van der Waals surface area contributed by atoms with E-state index in [1.165, 1.54) is 0 Å². The SMILES string of the molecule is CN(C)c1ccc(Cl)cc1NCc1ccc(C(=O)O)cc1. The molecule has 0 spiro atoms. The molecule has 2 aromatic rings. The molecule has 0 amide bonds. The van der Waals surface area contributed by atoms with Gasteiger partial charge in [0, 0.05) is 25.7 Å². The van der Waals surface area contributed by atoms with Crippen LogP contribution in [0.2, 0.25) is 5.02 Å². The van der Waals surface area contributed by atoms with E-state index in [0.29, 0.717) is 11.6 Å². The van der Waals surface area contributed by atoms with E-state index in [4.69, 9.17) is 16.7 Å². The zero-order valence-electron chi connectivity index (χ0n) is 11.9. The lowest BCUT2D eigenvalue weighted by atomic mass is 10.1. The Morgan fingerprint density at radius 2 is 1.86 bits per heavy atom. The van der Waals surface area contributed by atoms with Crippen molar-refractivity contribution in [3.63, 3.8) is 0 Å². The van der Waals surface area contributed by atoms with E-state index in [1.807, 2.05) is 37.2 Å². The number of rotatable bonds is 5. The number of nitrogens with one attached hydrogen (secondary N) is 1. The van der Waals surface area contributed by atoms with Crippen molar-refractivity contribution < 1.29 is 9.90 Å². The first-order chi connectivity index (χ1) is 9.97. The highest BCUT2D eigenvalue weighted by atomic mass is 35.5. The van der Waals surface area contributed by atoms with Gasteiger partial charge in [0.25, 0.3) is 0 Å². The fraction of sp³-hybridized carbons (Fsp3) is 0.188. The van der Waals surface area contributed by atoms with Gasteiger partial charge < -0.3 is 15.3 Å². The molecular weight excluding hydrogens is 288 g/mol. The van der Waals surface area contributed by atoms with Crippen molar-refractivity contribution in [2.45, 2.75) is 6.54 Å². The molecule has 0 fully saturated rings. The third-order valence-electron chi connectivity index (χ3n) is 3.12. The van der Waals surface area contributed by atoms with Gasteiger partial charge in [-0.15, -0.1) is 0 Å². The highest BCUT2D eigenvalue weighted by molar-refractivity contribution is 6.31. The smallest absolute Gasteiger partial charge is 0.335 e. The van der Waals surface area contributed by atoms with Gasteiger partial charge in [0.2, 0.25) is 0 Å². The maximum atomic E-state index is 10.8. The summed E-state index contributed by atoms with van der Waals surface area (Å²) in [6.45, 7) is 0.598. The first kappa shape index (κ1) is 15.2. The molecule has 0 aliphatic rings. The highest BCUT2D eigenvalue weighted by Crippen LogP contribution is 2.28. The second kappa shape index (κ2) is 6.50. The van der Waals surface area contributed by atoms with E-state index in [0.717, 1.165) is 16.9 Å². The van der Waals surface area contributed by atoms with Crippen LogP contribution in [-0.4, -0.2) is 25.2 Å². The number of nitrogens with zero attached hydrogens (tertiary/aromatic N) is 1. The molecule has 0 aromatic heterocycles. The minimum absolute atomic E-state index is 0.287. The average molecular weight is 305 g/mol. The number of benzene rings is 2. The molecule has 5 heteroatoms. The van der Waals surface area contributed by atoms with Gasteiger partial charge in [0.1, 0.15) is 0 Å². The van der Waals surface area contributed by atoms with E-state index in [2.05, 4.69) is 5.32 Å². The number of carboxylic acid groups (broad SMARTS) is 1. The molecule has 0 aliphatic carbocycles. The first-order valence-electron chi connectivity index (χ1n) is 6.50. The second-order valence-corrected chi connectivity index (χ2v) is 5.35. The Bertz CT molecular complexity index is 639. The molecule has 0 atom stereocenters. The minimum Gasteiger partial charge on any atom is -0.478 e. The molecule has 2 N–H and O–H groups in total. The monoisotopic (exact) mass is 304 g/mol. The van der Waals surface area contributed by atoms with E-state index in [-0.39, 0.29) is 5.56 Å². The van der Waals surface area contributed by atoms with Crippen molar-refractivity contribution in [1.29, 1.82) is 0 Å². The van der Waals surface area contributed by atoms with Crippen LogP contribution in [0.15, 0.2) is 42.5 Å². The Labute approximate surface area is 129 Å². The lowest BCUT2D eigenvalue weighted by Gasteiger charge is -2.19. The first-order valence-corrected chi connectivity index (χ1v) is 6.88. The molecule has 21 heavy (non-hydrogen) atoms. The van der Waals surface area contributed by atoms with E-state index in [1.54, 1.807) is 24.3 Å². The van der Waals surface area contributed by atoms with Crippen LogP contribution >= 0.6 is 11.6 Å². The number of aromatic carboxylic acids is 1. The van der Waals surface area contributed by atoms with Crippen LogP contribution in [-0.2, 0) is 6.54 Å². The Balaban J connectivity index is 2.12. The summed E-state index contributed by atoms with van der Waals surface area (Å²) in [6, 6.07) is 12.5. The molecule has 0 radical (unpaired) electrons. The summed E-state index contributed by atoms with van der Waals surface area (Å²) in [4.78, 5) is 12.8. The quantitative estimate of drug-likeness (QED) is 0.884. The molecule has 0 bridgehead atoms. The molecule has 0 aliphatic heterocycles. The second-order valence-electron chi connectivity index (χ2n) is 4.91. The summed E-state index contributed by atoms with van der Waals surface area (Å²) in [7, 11) is 3.94. The predicted octanol–water partition coefficient (Wildman–Crippen LogP) is 3.72. The fourth-order valence-electron chi connectivity index (χ4n) is 2.00. The van der Waals surface area contributed by atoms with Gasteiger partial charge in [-0.05, 0) is 35.9 Å². The summed E-state index contributed by atoms with van der Waals surface area (Å²) >= 11 is 6.04. The Hall–Kier alpha value is -2.20. The standard InChI is InChI=1S/C16H17ClN2O2/c1-19(2)15-8-7-13(17)9-14(15)18-10-11-3-5-12(6-4-11)16(20)21/h3-9,18H,10H2,1-2H3,(H,20,21). The largest absolute Gasteiger partial charge is 0.478 e. The van der Waals surface area contributed by atoms with Crippen molar-refractivity contribution >= 4 is 28.9 Å². The molecular formula is C16H17ClN2O2. The van der Waals surface area contributed by atoms with E-state index in [9.17, 15) is 4.79 Å². The number of carbonyl (C=O) groups is 1. The van der Waals surface area contributed by atoms with Crippen LogP contribution in [0.25, 0.3) is 0 Å². The number of hydrogen-bond donors (Lipinski definition) is 2. The molecule has 0 heterocycles. The van der Waals surface area contributed by atoms with Gasteiger partial charge in [-0.3, -0.25) is 0 Å². The predicted molar refractivity (Wildman–Crippen MR) is 86.5 cm³/mol. The Morgan fingerprint density at radius 3 is 2.43 bits per heavy atom. The van der Waals surface area contributed by atoms with E-state index < -0.39 is 5.97 Å². The van der Waals surface area contributed by atoms with Gasteiger partial charge in [-0.2, -0.15) is 0 Å². The van der Waals surface area contributed by atoms with Crippen molar-refractivity contribution in [3.05, 3.63) is 58.6 Å². The summed E-state index contributed by atoms with van der Waals surface area (Å²) in [5.41, 5.74) is 3.27. The topological polar surface area (TPSA) is 52.6 Å². The van der Waals surface area contributed by atoms with Crippen molar-refractivity contribution in [1.82, 2.24) is 0 Å². The third-order valence-corrected chi connectivity index (χ3v) is 3.36. The van der Waals surface area contributed by atoms with Crippen LogP contribution < -0.4 is 10.2 Å². The van der Waals surface area contributed by atoms with Crippen LogP contribution in [0, 0.1) is 0 Å². The molecule has 2 rings (SSSR count). The molecule has 4 nitrogen and oxygen atoms in total. The van der Waals surface area contributed by atoms with Gasteiger partial charge in [0.05, 0.1) is 16.9 Å². The molecule has 0 saturated carbocycles. The van der Waals surface area contributed by atoms with Crippen LogP contribution in [0.5, 0.6) is 0 Å². The van der Waals surface area contributed by atoms with Crippen LogP contribution in [0.4, 0.5) is 11.4 Å². The van der Waals surface area contributed by atoms with Crippen molar-refractivity contribution in [3.8, 4) is 0 Å². The molecule has 2 aromatic carbocycles. The normalized spacial score (nSPS) is 10.2. The summed E-state index contributed by atoms with van der Waals surface area (Å²) in [5, 5.41) is 12.9. The lowest BCUT2D eigenvalue weighted by Crippen LogP contribution is -2.12. The summed E-state index contributed by atoms with van der Waals surface area (Å²) in [5.74, 6) is -0.917. The number of hydrogen-bond acceptors (Lipinski definition) is 3. The maximum Gasteiger partial charge on any atom is 0.335 e. The van der Waals surface area contributed by atoms with Crippen molar-refractivity contribution in [2.75, 3.05) is 24.3 Å². The lowest BCUT2D eigenvalue weighted by molar-refractivity contribution is 0.0697. The van der Waals surface area contributed by atoms with Gasteiger partial charge >= 0.3 is 5.97 Å². The summed E-state index contributed by atoms with van der Waals surface area (Å²) in [6.07, 6.45) is 0. The maximum absolute atomic E-state index is 10.8. The minimum atomic E-state index is -0.917. The third kappa shape index (κ3) is 3.89. The van der Waals surface area contributed by atoms with Gasteiger partial charge in [-0.1, -0.05) is 23.7 Å². The number of halogens is 1. The number of carboxylic acids is 1. The zero-order valence-corrected chi connectivity index (χ0v) is 12.7. The number of anilines is 2. The molecule has 0 unspecified atom stereocenters. The molecule has 110 valence electrons. The fourth-order valence-corrected chi connectivity index (χ4v) is 2.17. The zero-order chi connectivity index (χ0) is 15.4. The van der Waals surface area contributed by atoms with E-state index >= 15 is 0 Å².